The van der Waals surface area contributed by atoms with Crippen molar-refractivity contribution in [2.24, 2.45) is 5.11 Å². The van der Waals surface area contributed by atoms with Crippen LogP contribution < -0.4 is 0 Å². The molecule has 0 saturated carbocycles. The standard InChI is InChI=1S/C11H10F4N4O2/c12-7-3-6(11(13,14)15)4-17-9(7)10(18-19-16)1-2-21-5-8(10)20/h3-4,8,20H,1-2,5H2. The van der Waals surface area contributed by atoms with Gasteiger partial charge in [-0.2, -0.15) is 13.2 Å². The topological polar surface area (TPSA) is 91.1 Å². The number of aromatic nitrogens is 1. The van der Waals surface area contributed by atoms with Gasteiger partial charge in [0.1, 0.15) is 11.4 Å². The van der Waals surface area contributed by atoms with Crippen LogP contribution in [-0.2, 0) is 16.5 Å². The average Bonchev–Trinajstić information content (AvgIpc) is 2.40. The van der Waals surface area contributed by atoms with E-state index in [0.717, 1.165) is 0 Å². The summed E-state index contributed by atoms with van der Waals surface area (Å²) in [6, 6.07) is 0.263. The van der Waals surface area contributed by atoms with Gasteiger partial charge in [0.25, 0.3) is 0 Å². The van der Waals surface area contributed by atoms with E-state index in [-0.39, 0.29) is 25.7 Å². The third-order valence-corrected chi connectivity index (χ3v) is 3.26. The van der Waals surface area contributed by atoms with Crippen molar-refractivity contribution in [3.63, 3.8) is 0 Å². The molecular weight excluding hydrogens is 296 g/mol. The van der Waals surface area contributed by atoms with Gasteiger partial charge < -0.3 is 9.84 Å². The van der Waals surface area contributed by atoms with Gasteiger partial charge in [-0.05, 0) is 18.0 Å². The van der Waals surface area contributed by atoms with Gasteiger partial charge in [0.2, 0.25) is 0 Å². The first-order valence-electron chi connectivity index (χ1n) is 5.86. The Kier molecular flexibility index (Phi) is 4.04. The second-order valence-corrected chi connectivity index (χ2v) is 4.51. The minimum Gasteiger partial charge on any atom is -0.390 e. The molecule has 0 amide bonds. The molecule has 2 unspecified atom stereocenters. The number of nitrogens with zero attached hydrogens (tertiary/aromatic N) is 4. The molecule has 21 heavy (non-hydrogen) atoms. The number of aliphatic hydroxyl groups excluding tert-OH is 1. The van der Waals surface area contributed by atoms with E-state index in [2.05, 4.69) is 15.0 Å². The number of halogens is 4. The molecule has 114 valence electrons. The molecule has 0 bridgehead atoms. The van der Waals surface area contributed by atoms with E-state index < -0.39 is 34.9 Å². The van der Waals surface area contributed by atoms with Gasteiger partial charge in [-0.25, -0.2) is 4.39 Å². The zero-order chi connectivity index (χ0) is 15.7. The number of hydrogen-bond donors (Lipinski definition) is 1. The Morgan fingerprint density at radius 2 is 2.24 bits per heavy atom. The van der Waals surface area contributed by atoms with E-state index in [4.69, 9.17) is 10.3 Å². The van der Waals surface area contributed by atoms with Crippen molar-refractivity contribution in [2.75, 3.05) is 13.2 Å². The Morgan fingerprint density at radius 1 is 1.52 bits per heavy atom. The molecule has 0 radical (unpaired) electrons. The summed E-state index contributed by atoms with van der Waals surface area (Å²) in [4.78, 5) is 5.99. The fraction of sp³-hybridized carbons (Fsp3) is 0.545. The van der Waals surface area contributed by atoms with Crippen molar-refractivity contribution < 1.29 is 27.4 Å². The van der Waals surface area contributed by atoms with Gasteiger partial charge in [0.15, 0.2) is 0 Å². The molecular formula is C11H10F4N4O2. The van der Waals surface area contributed by atoms with Crippen LogP contribution in [0.4, 0.5) is 17.6 Å². The van der Waals surface area contributed by atoms with Crippen LogP contribution >= 0.6 is 0 Å². The average molecular weight is 306 g/mol. The molecule has 2 atom stereocenters. The maximum atomic E-state index is 14.0. The summed E-state index contributed by atoms with van der Waals surface area (Å²) >= 11 is 0. The summed E-state index contributed by atoms with van der Waals surface area (Å²) in [5, 5.41) is 13.3. The second-order valence-electron chi connectivity index (χ2n) is 4.51. The minimum atomic E-state index is -4.74. The Labute approximate surface area is 116 Å². The van der Waals surface area contributed by atoms with Gasteiger partial charge in [0.05, 0.1) is 24.0 Å². The van der Waals surface area contributed by atoms with Crippen molar-refractivity contribution in [2.45, 2.75) is 24.2 Å². The van der Waals surface area contributed by atoms with Crippen LogP contribution in [0.5, 0.6) is 0 Å². The van der Waals surface area contributed by atoms with Crippen molar-refractivity contribution in [3.05, 3.63) is 39.8 Å². The maximum absolute atomic E-state index is 14.0. The highest BCUT2D eigenvalue weighted by Gasteiger charge is 2.45. The van der Waals surface area contributed by atoms with Crippen LogP contribution in [0.25, 0.3) is 10.4 Å². The van der Waals surface area contributed by atoms with Gasteiger partial charge in [-0.1, -0.05) is 5.11 Å². The third-order valence-electron chi connectivity index (χ3n) is 3.26. The molecule has 1 aliphatic heterocycles. The lowest BCUT2D eigenvalue weighted by molar-refractivity contribution is -0.138. The summed E-state index contributed by atoms with van der Waals surface area (Å²) in [5.41, 5.74) is 5.05. The largest absolute Gasteiger partial charge is 0.417 e. The zero-order valence-corrected chi connectivity index (χ0v) is 10.5. The molecule has 1 aliphatic rings. The second kappa shape index (κ2) is 5.47. The fourth-order valence-corrected chi connectivity index (χ4v) is 2.16. The van der Waals surface area contributed by atoms with E-state index in [9.17, 15) is 22.7 Å². The predicted octanol–water partition coefficient (Wildman–Crippen LogP) is 2.53. The Bertz CT molecular complexity index is 588. The number of alkyl halides is 3. The van der Waals surface area contributed by atoms with Crippen LogP contribution in [-0.4, -0.2) is 29.4 Å². The van der Waals surface area contributed by atoms with E-state index in [1.165, 1.54) is 0 Å². The molecule has 0 aliphatic carbocycles. The van der Waals surface area contributed by atoms with Crippen molar-refractivity contribution >= 4 is 0 Å². The zero-order valence-electron chi connectivity index (χ0n) is 10.5. The highest BCUT2D eigenvalue weighted by molar-refractivity contribution is 5.26. The van der Waals surface area contributed by atoms with Crippen LogP contribution in [0.2, 0.25) is 0 Å². The number of rotatable bonds is 2. The maximum Gasteiger partial charge on any atom is 0.417 e. The molecule has 0 aromatic carbocycles. The Morgan fingerprint density at radius 3 is 2.76 bits per heavy atom. The smallest absolute Gasteiger partial charge is 0.390 e. The van der Waals surface area contributed by atoms with Gasteiger partial charge in [0, 0.05) is 17.7 Å². The molecule has 0 spiro atoms. The van der Waals surface area contributed by atoms with Gasteiger partial charge in [-0.15, -0.1) is 0 Å². The van der Waals surface area contributed by atoms with E-state index in [0.29, 0.717) is 6.20 Å². The number of pyridine rings is 1. The normalized spacial score (nSPS) is 26.2. The number of azide groups is 1. The third kappa shape index (κ3) is 2.78. The quantitative estimate of drug-likeness (QED) is 0.394. The monoisotopic (exact) mass is 306 g/mol. The lowest BCUT2D eigenvalue weighted by Gasteiger charge is -2.36. The first kappa shape index (κ1) is 15.5. The highest BCUT2D eigenvalue weighted by Crippen LogP contribution is 2.38. The van der Waals surface area contributed by atoms with Gasteiger partial charge >= 0.3 is 6.18 Å². The van der Waals surface area contributed by atoms with Crippen LogP contribution in [0, 0.1) is 5.82 Å². The van der Waals surface area contributed by atoms with Crippen LogP contribution in [0.1, 0.15) is 17.7 Å². The Hall–Kier alpha value is -1.90. The number of ether oxygens (including phenoxy) is 1. The summed E-state index contributed by atoms with van der Waals surface area (Å²) < 4.78 is 56.5. The molecule has 1 saturated heterocycles. The van der Waals surface area contributed by atoms with Crippen LogP contribution in [0.3, 0.4) is 0 Å². The SMILES string of the molecule is [N-]=[N+]=NC1(c2ncc(C(F)(F)F)cc2F)CCOCC1O. The molecule has 1 fully saturated rings. The van der Waals surface area contributed by atoms with E-state index >= 15 is 0 Å². The fourth-order valence-electron chi connectivity index (χ4n) is 2.16. The van der Waals surface area contributed by atoms with Crippen molar-refractivity contribution in [3.8, 4) is 0 Å². The van der Waals surface area contributed by atoms with Crippen molar-refractivity contribution in [1.82, 2.24) is 4.98 Å². The van der Waals surface area contributed by atoms with Crippen LogP contribution in [0.15, 0.2) is 17.4 Å². The predicted molar refractivity (Wildman–Crippen MR) is 61.5 cm³/mol. The first-order chi connectivity index (χ1) is 9.81. The number of aliphatic hydroxyl groups is 1. The molecule has 1 N–H and O–H groups in total. The summed E-state index contributed by atoms with van der Waals surface area (Å²) in [6.07, 6.45) is -5.80. The minimum absolute atomic E-state index is 0.0538. The highest BCUT2D eigenvalue weighted by atomic mass is 19.4. The van der Waals surface area contributed by atoms with E-state index in [1.807, 2.05) is 0 Å². The molecule has 6 nitrogen and oxygen atoms in total. The van der Waals surface area contributed by atoms with Gasteiger partial charge in [-0.3, -0.25) is 4.98 Å². The lowest BCUT2D eigenvalue weighted by Crippen LogP contribution is -2.46. The molecule has 2 heterocycles. The van der Waals surface area contributed by atoms with Crippen molar-refractivity contribution in [1.29, 1.82) is 0 Å². The molecule has 1 aromatic heterocycles. The summed E-state index contributed by atoms with van der Waals surface area (Å²) in [5.74, 6) is -1.29. The van der Waals surface area contributed by atoms with E-state index in [1.54, 1.807) is 0 Å². The number of hydrogen-bond acceptors (Lipinski definition) is 4. The molecule has 10 heteroatoms. The molecule has 2 rings (SSSR count). The first-order valence-corrected chi connectivity index (χ1v) is 5.86. The summed E-state index contributed by atoms with van der Waals surface area (Å²) in [6.45, 7) is -0.181. The Balaban J connectivity index is 2.54. The lowest BCUT2D eigenvalue weighted by atomic mass is 9.84. The molecule has 1 aromatic rings. The summed E-state index contributed by atoms with van der Waals surface area (Å²) in [7, 11) is 0.